The van der Waals surface area contributed by atoms with E-state index in [4.69, 9.17) is 23.7 Å². The largest absolute Gasteiger partial charge is 0.748 e. The molecule has 0 spiro atoms. The van der Waals surface area contributed by atoms with Crippen molar-refractivity contribution in [1.82, 2.24) is 0 Å². The van der Waals surface area contributed by atoms with Crippen LogP contribution in [0, 0.1) is 55.4 Å². The summed E-state index contributed by atoms with van der Waals surface area (Å²) in [5.74, 6) is -22.6. The van der Waals surface area contributed by atoms with E-state index in [9.17, 15) is 205 Å². The number of esters is 8. The van der Waals surface area contributed by atoms with Gasteiger partial charge in [0.15, 0.2) is 0 Å². The first-order valence-electron chi connectivity index (χ1n) is 39.6. The summed E-state index contributed by atoms with van der Waals surface area (Å²) in [5.41, 5.74) is 1.35. The molecule has 147 heavy (non-hydrogen) atoms. The Morgan fingerprint density at radius 3 is 0.905 bits per heavy atom. The molecule has 0 saturated heterocycles. The summed E-state index contributed by atoms with van der Waals surface area (Å²) in [6.07, 6.45) is -50.5. The lowest BCUT2D eigenvalue weighted by Crippen LogP contribution is -2.39. The van der Waals surface area contributed by atoms with E-state index in [1.807, 2.05) is 0 Å². The highest BCUT2D eigenvalue weighted by Crippen LogP contribution is 2.37. The Morgan fingerprint density at radius 2 is 0.612 bits per heavy atom. The van der Waals surface area contributed by atoms with Gasteiger partial charge in [-0.2, -0.15) is 79.0 Å². The smallest absolute Gasteiger partial charge is 0.426 e. The van der Waals surface area contributed by atoms with Crippen molar-refractivity contribution in [2.24, 2.45) is 0 Å². The van der Waals surface area contributed by atoms with Crippen LogP contribution in [0.2, 0.25) is 0 Å². The fraction of sp³-hybridized carbons (Fsp3) is 0.439. The molecule has 0 heterocycles. The number of rotatable bonds is 30. The molecular weight excluding hydrogens is 2170 g/mol. The number of nitrogens with one attached hydrogen (secondary N) is 1. The van der Waals surface area contributed by atoms with Crippen molar-refractivity contribution in [2.45, 2.75) is 176 Å². The minimum absolute atomic E-state index is 0.0316. The average Bonchev–Trinajstić information content (AvgIpc) is 0.789. The monoisotopic (exact) mass is 2260 g/mol. The number of carbonyl (C=O) groups excluding carboxylic acids is 10. The maximum absolute atomic E-state index is 12.9. The Hall–Kier alpha value is -12.4. The lowest BCUT2D eigenvalue weighted by molar-refractivity contribution is -0.197. The summed E-state index contributed by atoms with van der Waals surface area (Å²) in [5, 5.41) is 2.47. The third kappa shape index (κ3) is 49.8. The molecule has 2 amide bonds. The predicted molar refractivity (Wildman–Crippen MR) is 460 cm³/mol. The number of anilines is 2. The molecule has 6 rings (SSSR count). The zero-order chi connectivity index (χ0) is 115. The Labute approximate surface area is 824 Å². The molecule has 41 nitrogen and oxygen atoms in total. The topological polar surface area (TPSA) is 631 Å². The fourth-order valence-corrected chi connectivity index (χ4v) is 14.6. The third-order valence-electron chi connectivity index (χ3n) is 17.3. The van der Waals surface area contributed by atoms with Gasteiger partial charge in [0, 0.05) is 39.2 Å². The molecule has 0 bridgehead atoms. The summed E-state index contributed by atoms with van der Waals surface area (Å²) < 4.78 is 469. The fourth-order valence-electron chi connectivity index (χ4n) is 10.8. The van der Waals surface area contributed by atoms with Gasteiger partial charge in [-0.15, -0.1) is 0 Å². The van der Waals surface area contributed by atoms with Gasteiger partial charge in [0.1, 0.15) is 39.7 Å². The number of amides is 2. The van der Waals surface area contributed by atoms with E-state index >= 15 is 0 Å². The van der Waals surface area contributed by atoms with E-state index in [1.165, 1.54) is 117 Å². The standard InChI is InChI=1S/C17H22F3NO7S.C15H18F3NO6S.2C13H13F3O7S.2C12H13F3O6S/c1-10-8-11(6-7-12(10)21(5)15(23)28-16(2,3)4)14(22)27-13(17(18,19)20)9-29(24,25)26;1-7-5-8(2)13(19-10(4)20)9(3)12(7)14(21)25-11(15(16,17)18)6-26(22,23)24;1-7-3-4-9(5-10(7)22-8(2)17)12(18)23-11(13(14,15)16)6-24(19,20)21;1-7-3-4-9(10(5-7)22-8(2)17)12(18)23-11(13(14,15)16)6-24(19,20)21;1-7-3-4-8(5-9(7)20-2)11(16)21-10(12(13,14)15)6-22(17,18)19;1-7-3-4-8(9(5-7)20-2)11(16)21-10(12(13,14)15)6-22(17,18)19/h6-8,13H,9H2,1-5H3,(H,24,25,26);5,11H,6H2,1-4H3,(H,19,20)(H,22,23,24);2*3-5,11H,6H2,1-2H3,(H,19,20,21);2*3-5,10H,6H2,1-2H3,(H,17,18,19)/p-6. The van der Waals surface area contributed by atoms with Crippen molar-refractivity contribution in [2.75, 3.05) is 66.0 Å². The molecule has 0 radical (unpaired) electrons. The van der Waals surface area contributed by atoms with Gasteiger partial charge in [-0.3, -0.25) is 19.3 Å². The molecule has 0 aliphatic rings. The van der Waals surface area contributed by atoms with Crippen LogP contribution >= 0.6 is 0 Å². The van der Waals surface area contributed by atoms with Crippen LogP contribution in [-0.2, 0) is 108 Å². The van der Waals surface area contributed by atoms with Gasteiger partial charge in [0.25, 0.3) is 0 Å². The molecule has 0 aromatic heterocycles. The van der Waals surface area contributed by atoms with E-state index < -0.39 is 245 Å². The van der Waals surface area contributed by atoms with Gasteiger partial charge in [-0.25, -0.2) is 84.1 Å². The summed E-state index contributed by atoms with van der Waals surface area (Å²) >= 11 is 0. The predicted octanol–water partition coefficient (Wildman–Crippen LogP) is 11.6. The molecule has 6 aromatic rings. The Balaban J connectivity index is 0.000000884. The SMILES string of the molecule is CC(=O)Nc1c(C)cc(C)c(C(=O)OC(CS(=O)(=O)[O-])C(F)(F)F)c1C.CC(=O)Oc1cc(C(=O)OC(CS(=O)(=O)[O-])C(F)(F)F)ccc1C.CC(=O)Oc1cc(C)ccc1C(=O)OC(CS(=O)(=O)[O-])C(F)(F)F.COc1cc(C(=O)OC(CS(=O)(=O)[O-])C(F)(F)F)ccc1C.COc1cc(C)ccc1C(=O)OC(CS(=O)(=O)[O-])C(F)(F)F.Cc1cc(C(=O)OC(CS(=O)(=O)[O-])C(F)(F)F)ccc1N(C)C(=O)OC(C)(C)C. The van der Waals surface area contributed by atoms with Gasteiger partial charge >= 0.3 is 90.9 Å². The first kappa shape index (κ1) is 133. The minimum Gasteiger partial charge on any atom is -0.748 e. The number of benzene rings is 6. The lowest BCUT2D eigenvalue weighted by Gasteiger charge is -2.26. The number of halogens is 18. The molecule has 6 unspecified atom stereocenters. The van der Waals surface area contributed by atoms with E-state index in [2.05, 4.69) is 33.7 Å². The Morgan fingerprint density at radius 1 is 0.333 bits per heavy atom. The zero-order valence-corrected chi connectivity index (χ0v) is 83.5. The lowest BCUT2D eigenvalue weighted by atomic mass is 9.97. The Kier molecular flexibility index (Phi) is 47.8. The van der Waals surface area contributed by atoms with Crippen LogP contribution in [0.5, 0.6) is 23.0 Å². The highest BCUT2D eigenvalue weighted by atomic mass is 32.2. The van der Waals surface area contributed by atoms with Crippen molar-refractivity contribution in [3.8, 4) is 23.0 Å². The van der Waals surface area contributed by atoms with E-state index in [-0.39, 0.29) is 62.1 Å². The van der Waals surface area contributed by atoms with Crippen molar-refractivity contribution in [3.63, 3.8) is 0 Å². The second-order valence-electron chi connectivity index (χ2n) is 31.1. The number of methoxy groups -OCH3 is 2. The number of carbonyl (C=O) groups is 10. The van der Waals surface area contributed by atoms with E-state index in [1.54, 1.807) is 48.5 Å². The van der Waals surface area contributed by atoms with Gasteiger partial charge in [-0.1, -0.05) is 30.3 Å². The minimum atomic E-state index is -5.30. The average molecular weight is 2260 g/mol. The van der Waals surface area contributed by atoms with Crippen LogP contribution in [0.4, 0.5) is 95.2 Å². The van der Waals surface area contributed by atoms with E-state index in [0.717, 1.165) is 55.1 Å². The number of nitrogens with zero attached hydrogens (tertiary/aromatic N) is 1. The molecule has 65 heteroatoms. The zero-order valence-electron chi connectivity index (χ0n) is 78.6. The number of aryl methyl sites for hydroxylation is 7. The van der Waals surface area contributed by atoms with Crippen LogP contribution < -0.4 is 29.2 Å². The first-order chi connectivity index (χ1) is 66.0. The molecular formula is C82H86F18N2O39S6-6. The number of hydrogen-bond acceptors (Lipinski definition) is 39. The number of hydrogen-bond donors (Lipinski definition) is 1. The highest BCUT2D eigenvalue weighted by Gasteiger charge is 2.50. The summed E-state index contributed by atoms with van der Waals surface area (Å²) in [6.45, 7) is 20.7. The van der Waals surface area contributed by atoms with Gasteiger partial charge in [-0.05, 0) is 187 Å². The number of alkyl halides is 18. The summed E-state index contributed by atoms with van der Waals surface area (Å²) in [7, 11) is -27.7. The van der Waals surface area contributed by atoms with Crippen LogP contribution in [0.15, 0.2) is 97.1 Å². The summed E-state index contributed by atoms with van der Waals surface area (Å²) in [4.78, 5) is 118. The highest BCUT2D eigenvalue weighted by molar-refractivity contribution is 7.87. The van der Waals surface area contributed by atoms with Crippen LogP contribution in [-0.4, -0.2) is 273 Å². The van der Waals surface area contributed by atoms with Gasteiger partial charge in [0.05, 0.1) is 132 Å². The second kappa shape index (κ2) is 53.0. The van der Waals surface area contributed by atoms with Crippen molar-refractivity contribution >= 4 is 132 Å². The van der Waals surface area contributed by atoms with E-state index in [0.29, 0.717) is 39.1 Å². The maximum atomic E-state index is 12.9. The van der Waals surface area contributed by atoms with Crippen LogP contribution in [0.1, 0.15) is 148 Å². The van der Waals surface area contributed by atoms with Crippen molar-refractivity contribution in [1.29, 1.82) is 0 Å². The first-order valence-corrected chi connectivity index (χ1v) is 49.1. The molecule has 0 aliphatic heterocycles. The Bertz CT molecular complexity index is 6490. The molecule has 1 N–H and O–H groups in total. The van der Waals surface area contributed by atoms with Gasteiger partial charge in [0.2, 0.25) is 42.5 Å². The molecule has 826 valence electrons. The second-order valence-corrected chi connectivity index (χ2v) is 39.8. The third-order valence-corrected chi connectivity index (χ3v) is 21.5. The van der Waals surface area contributed by atoms with Crippen molar-refractivity contribution < 1.29 is 257 Å². The molecule has 0 saturated carbocycles. The molecule has 0 fully saturated rings. The molecule has 6 atom stereocenters. The van der Waals surface area contributed by atoms with Gasteiger partial charge < -0.3 is 84.7 Å². The molecule has 6 aromatic carbocycles. The number of ether oxygens (including phenoxy) is 11. The normalized spacial score (nSPS) is 13.4. The molecule has 0 aliphatic carbocycles. The quantitative estimate of drug-likeness (QED) is 0.0144. The maximum Gasteiger partial charge on any atom is 0.426 e. The van der Waals surface area contributed by atoms with Crippen LogP contribution in [0.3, 0.4) is 0 Å². The summed E-state index contributed by atoms with van der Waals surface area (Å²) in [6, 6.07) is 19.8. The van der Waals surface area contributed by atoms with Crippen LogP contribution in [0.25, 0.3) is 0 Å². The van der Waals surface area contributed by atoms with Crippen molar-refractivity contribution in [3.05, 3.63) is 175 Å².